The first-order valence-corrected chi connectivity index (χ1v) is 8.39. The van der Waals surface area contributed by atoms with Crippen molar-refractivity contribution in [1.82, 2.24) is 14.5 Å². The highest BCUT2D eigenvalue weighted by Gasteiger charge is 2.16. The summed E-state index contributed by atoms with van der Waals surface area (Å²) in [6.07, 6.45) is 6.37. The number of H-pyrrole nitrogens is 1. The standard InChI is InChI=1S/C17H17N3OS/c21-12-5-6-14-16(11-12)20(9-7-13-3-2-10-22-13)17(19-14)15-4-1-8-18-15/h1-2,4-6,8,10-11,13,18,21H,3,7,9H2. The lowest BCUT2D eigenvalue weighted by Gasteiger charge is -2.12. The summed E-state index contributed by atoms with van der Waals surface area (Å²) in [5, 5.41) is 12.6. The van der Waals surface area contributed by atoms with Crippen LogP contribution in [0.5, 0.6) is 5.75 Å². The number of aromatic amines is 1. The summed E-state index contributed by atoms with van der Waals surface area (Å²) < 4.78 is 2.21. The number of rotatable bonds is 4. The Hall–Kier alpha value is -2.14. The summed E-state index contributed by atoms with van der Waals surface area (Å²) in [5.74, 6) is 1.21. The van der Waals surface area contributed by atoms with Crippen LogP contribution in [0.15, 0.2) is 48.0 Å². The van der Waals surface area contributed by atoms with Gasteiger partial charge >= 0.3 is 0 Å². The maximum absolute atomic E-state index is 9.81. The van der Waals surface area contributed by atoms with Crippen molar-refractivity contribution >= 4 is 22.8 Å². The number of aromatic hydroxyl groups is 1. The second-order valence-electron chi connectivity index (χ2n) is 5.50. The van der Waals surface area contributed by atoms with Gasteiger partial charge in [-0.2, -0.15) is 0 Å². The molecule has 22 heavy (non-hydrogen) atoms. The predicted molar refractivity (Wildman–Crippen MR) is 90.9 cm³/mol. The number of nitrogens with one attached hydrogen (secondary N) is 1. The van der Waals surface area contributed by atoms with Gasteiger partial charge in [0.2, 0.25) is 0 Å². The zero-order chi connectivity index (χ0) is 14.9. The van der Waals surface area contributed by atoms with Crippen LogP contribution in [-0.2, 0) is 6.54 Å². The van der Waals surface area contributed by atoms with Crippen molar-refractivity contribution in [2.75, 3.05) is 0 Å². The third-order valence-corrected chi connectivity index (χ3v) is 5.17. The van der Waals surface area contributed by atoms with Crippen LogP contribution in [0.1, 0.15) is 12.8 Å². The first-order chi connectivity index (χ1) is 10.8. The molecule has 0 saturated heterocycles. The van der Waals surface area contributed by atoms with E-state index in [4.69, 9.17) is 4.98 Å². The van der Waals surface area contributed by atoms with Crippen LogP contribution in [-0.4, -0.2) is 24.9 Å². The Morgan fingerprint density at radius 2 is 2.32 bits per heavy atom. The van der Waals surface area contributed by atoms with E-state index in [9.17, 15) is 5.11 Å². The number of hydrogen-bond donors (Lipinski definition) is 2. The van der Waals surface area contributed by atoms with Crippen LogP contribution < -0.4 is 0 Å². The number of nitrogens with zero attached hydrogens (tertiary/aromatic N) is 2. The van der Waals surface area contributed by atoms with Crippen LogP contribution in [0.2, 0.25) is 0 Å². The third kappa shape index (κ3) is 2.41. The molecule has 2 aromatic heterocycles. The van der Waals surface area contributed by atoms with E-state index in [0.29, 0.717) is 5.25 Å². The van der Waals surface area contributed by atoms with E-state index < -0.39 is 0 Å². The lowest BCUT2D eigenvalue weighted by atomic mass is 10.2. The Kier molecular flexibility index (Phi) is 3.42. The number of hydrogen-bond acceptors (Lipinski definition) is 3. The van der Waals surface area contributed by atoms with Gasteiger partial charge in [0.05, 0.1) is 16.7 Å². The number of allylic oxidation sites excluding steroid dienone is 1. The maximum Gasteiger partial charge on any atom is 0.157 e. The van der Waals surface area contributed by atoms with Crippen molar-refractivity contribution in [3.8, 4) is 17.3 Å². The molecular formula is C17H17N3OS. The highest BCUT2D eigenvalue weighted by atomic mass is 32.2. The molecule has 4 rings (SSSR count). The van der Waals surface area contributed by atoms with Crippen LogP contribution in [0.25, 0.3) is 22.6 Å². The molecule has 0 amide bonds. The van der Waals surface area contributed by atoms with Crippen LogP contribution in [0, 0.1) is 0 Å². The maximum atomic E-state index is 9.81. The van der Waals surface area contributed by atoms with Crippen molar-refractivity contribution in [2.45, 2.75) is 24.6 Å². The summed E-state index contributed by atoms with van der Waals surface area (Å²) in [6, 6.07) is 9.37. The minimum absolute atomic E-state index is 0.281. The average molecular weight is 311 g/mol. The fourth-order valence-electron chi connectivity index (χ4n) is 2.90. The number of aryl methyl sites for hydroxylation is 1. The Bertz CT molecular complexity index is 812. The summed E-state index contributed by atoms with van der Waals surface area (Å²) in [7, 11) is 0. The second kappa shape index (κ2) is 5.57. The van der Waals surface area contributed by atoms with Gasteiger partial charge in [0.25, 0.3) is 0 Å². The molecule has 1 aliphatic rings. The van der Waals surface area contributed by atoms with E-state index in [1.165, 1.54) is 0 Å². The molecule has 3 aromatic rings. The molecule has 0 spiro atoms. The molecule has 112 valence electrons. The lowest BCUT2D eigenvalue weighted by Crippen LogP contribution is -2.07. The number of phenolic OH excluding ortho intramolecular Hbond substituents is 1. The molecule has 1 aromatic carbocycles. The van der Waals surface area contributed by atoms with E-state index in [-0.39, 0.29) is 5.75 Å². The van der Waals surface area contributed by atoms with Gasteiger partial charge in [-0.3, -0.25) is 0 Å². The summed E-state index contributed by atoms with van der Waals surface area (Å²) >= 11 is 1.90. The number of fused-ring (bicyclic) bond motifs is 1. The highest BCUT2D eigenvalue weighted by molar-refractivity contribution is 8.03. The SMILES string of the molecule is Oc1ccc2nc(-c3ccc[nH]3)n(CCC3CC=CS3)c2c1. The number of thioether (sulfide) groups is 1. The number of benzene rings is 1. The van der Waals surface area contributed by atoms with E-state index in [1.54, 1.807) is 12.1 Å². The molecule has 5 heteroatoms. The van der Waals surface area contributed by atoms with Gasteiger partial charge in [-0.25, -0.2) is 4.98 Å². The molecule has 2 N–H and O–H groups in total. The number of imidazole rings is 1. The normalized spacial score (nSPS) is 17.5. The smallest absolute Gasteiger partial charge is 0.157 e. The van der Waals surface area contributed by atoms with Crippen molar-refractivity contribution < 1.29 is 5.11 Å². The molecule has 1 aliphatic heterocycles. The molecular weight excluding hydrogens is 294 g/mol. The monoisotopic (exact) mass is 311 g/mol. The van der Waals surface area contributed by atoms with E-state index >= 15 is 0 Å². The van der Waals surface area contributed by atoms with Gasteiger partial charge in [0.1, 0.15) is 5.75 Å². The van der Waals surface area contributed by atoms with E-state index in [1.807, 2.05) is 36.2 Å². The Balaban J connectivity index is 1.74. The molecule has 0 radical (unpaired) electrons. The quantitative estimate of drug-likeness (QED) is 0.761. The van der Waals surface area contributed by atoms with Gasteiger partial charge < -0.3 is 14.7 Å². The molecule has 4 nitrogen and oxygen atoms in total. The second-order valence-corrected chi connectivity index (χ2v) is 6.71. The van der Waals surface area contributed by atoms with Gasteiger partial charge in [-0.1, -0.05) is 6.08 Å². The van der Waals surface area contributed by atoms with Crippen molar-refractivity contribution in [3.63, 3.8) is 0 Å². The molecule has 0 saturated carbocycles. The largest absolute Gasteiger partial charge is 0.508 e. The fourth-order valence-corrected chi connectivity index (χ4v) is 3.81. The van der Waals surface area contributed by atoms with Gasteiger partial charge in [-0.15, -0.1) is 11.8 Å². The van der Waals surface area contributed by atoms with Crippen LogP contribution >= 0.6 is 11.8 Å². The minimum Gasteiger partial charge on any atom is -0.508 e. The molecule has 0 aliphatic carbocycles. The van der Waals surface area contributed by atoms with E-state index in [0.717, 1.165) is 41.9 Å². The van der Waals surface area contributed by atoms with Crippen LogP contribution in [0.4, 0.5) is 0 Å². The van der Waals surface area contributed by atoms with Crippen LogP contribution in [0.3, 0.4) is 0 Å². The summed E-state index contributed by atoms with van der Waals surface area (Å²) in [4.78, 5) is 7.97. The first-order valence-electron chi connectivity index (χ1n) is 7.45. The molecule has 0 bridgehead atoms. The zero-order valence-electron chi connectivity index (χ0n) is 12.1. The average Bonchev–Trinajstić information content (AvgIpc) is 3.25. The van der Waals surface area contributed by atoms with Gasteiger partial charge in [0.15, 0.2) is 5.82 Å². The molecule has 1 atom stereocenters. The Morgan fingerprint density at radius 1 is 1.36 bits per heavy atom. The molecule has 0 fully saturated rings. The van der Waals surface area contributed by atoms with Gasteiger partial charge in [-0.05, 0) is 42.5 Å². The van der Waals surface area contributed by atoms with Crippen molar-refractivity contribution in [2.24, 2.45) is 0 Å². The van der Waals surface area contributed by atoms with Gasteiger partial charge in [0, 0.05) is 24.1 Å². The van der Waals surface area contributed by atoms with Crippen molar-refractivity contribution in [1.29, 1.82) is 0 Å². The summed E-state index contributed by atoms with van der Waals surface area (Å²) in [6.45, 7) is 0.896. The topological polar surface area (TPSA) is 53.8 Å². The number of phenols is 1. The first kappa shape index (κ1) is 13.5. The molecule has 1 unspecified atom stereocenters. The zero-order valence-corrected chi connectivity index (χ0v) is 12.9. The Morgan fingerprint density at radius 3 is 3.09 bits per heavy atom. The third-order valence-electron chi connectivity index (χ3n) is 4.01. The minimum atomic E-state index is 0.281. The van der Waals surface area contributed by atoms with E-state index in [2.05, 4.69) is 21.0 Å². The molecule has 3 heterocycles. The highest BCUT2D eigenvalue weighted by Crippen LogP contribution is 2.30. The van der Waals surface area contributed by atoms with Crippen molar-refractivity contribution in [3.05, 3.63) is 48.0 Å². The lowest BCUT2D eigenvalue weighted by molar-refractivity contribution is 0.475. The fraction of sp³-hybridized carbons (Fsp3) is 0.235. The summed E-state index contributed by atoms with van der Waals surface area (Å²) in [5.41, 5.74) is 2.91. The predicted octanol–water partition coefficient (Wildman–Crippen LogP) is 4.15. The Labute approximate surface area is 132 Å². The number of aromatic nitrogens is 3.